The van der Waals surface area contributed by atoms with Gasteiger partial charge in [-0.15, -0.1) is 11.3 Å². The molecular formula is C22H17NO4S. The van der Waals surface area contributed by atoms with E-state index in [2.05, 4.69) is 29.6 Å². The van der Waals surface area contributed by atoms with E-state index in [4.69, 9.17) is 9.47 Å². The molecule has 1 aliphatic carbocycles. The highest BCUT2D eigenvalue weighted by Gasteiger charge is 2.32. The summed E-state index contributed by atoms with van der Waals surface area (Å²) >= 11 is 1.70. The molecule has 3 aromatic rings. The van der Waals surface area contributed by atoms with Gasteiger partial charge in [-0.1, -0.05) is 12.1 Å². The maximum Gasteiger partial charge on any atom is 0.336 e. The maximum atomic E-state index is 12.9. The van der Waals surface area contributed by atoms with Gasteiger partial charge in [-0.2, -0.15) is 0 Å². The minimum atomic E-state index is -0.765. The van der Waals surface area contributed by atoms with Crippen LogP contribution in [0.25, 0.3) is 21.3 Å². The van der Waals surface area contributed by atoms with Crippen molar-refractivity contribution in [1.29, 1.82) is 0 Å². The molecule has 0 unspecified atom stereocenters. The first-order chi connectivity index (χ1) is 13.5. The summed E-state index contributed by atoms with van der Waals surface area (Å²) in [5.74, 6) is -0.437. The van der Waals surface area contributed by atoms with Crippen LogP contribution in [0.3, 0.4) is 0 Å². The Morgan fingerprint density at radius 2 is 2.14 bits per heavy atom. The molecule has 0 fully saturated rings. The first-order valence-electron chi connectivity index (χ1n) is 8.96. The van der Waals surface area contributed by atoms with Gasteiger partial charge in [0.1, 0.15) is 0 Å². The van der Waals surface area contributed by atoms with Crippen molar-refractivity contribution in [3.63, 3.8) is 0 Å². The first-order valence-corrected chi connectivity index (χ1v) is 9.84. The number of ketones is 1. The van der Waals surface area contributed by atoms with Crippen molar-refractivity contribution in [2.45, 2.75) is 19.6 Å². The molecule has 0 spiro atoms. The Balaban J connectivity index is 1.50. The number of aryl methyl sites for hydroxylation is 1. The molecule has 6 heteroatoms. The molecule has 5 nitrogen and oxygen atoms in total. The quantitative estimate of drug-likeness (QED) is 0.378. The second kappa shape index (κ2) is 6.21. The number of carbonyl (C=O) groups is 2. The van der Waals surface area contributed by atoms with Crippen LogP contribution in [0, 0.1) is 0 Å². The van der Waals surface area contributed by atoms with Crippen LogP contribution in [-0.2, 0) is 27.7 Å². The number of Topliss-reactive ketones (excluding diaryl/α,β-unsaturated/α-hetero) is 1. The van der Waals surface area contributed by atoms with Gasteiger partial charge in [-0.05, 0) is 41.6 Å². The zero-order valence-corrected chi connectivity index (χ0v) is 16.2. The Morgan fingerprint density at radius 3 is 2.86 bits per heavy atom. The molecule has 1 atom stereocenters. The molecule has 2 aromatic heterocycles. The van der Waals surface area contributed by atoms with Crippen LogP contribution in [0.2, 0.25) is 0 Å². The van der Waals surface area contributed by atoms with Crippen molar-refractivity contribution >= 4 is 34.0 Å². The second-order valence-electron chi connectivity index (χ2n) is 7.00. The van der Waals surface area contributed by atoms with Gasteiger partial charge in [0, 0.05) is 46.5 Å². The predicted octanol–water partition coefficient (Wildman–Crippen LogP) is 4.38. The van der Waals surface area contributed by atoms with Crippen molar-refractivity contribution in [3.05, 3.63) is 70.5 Å². The third kappa shape index (κ3) is 2.52. The number of fused-ring (bicyclic) bond motifs is 3. The lowest BCUT2D eigenvalue weighted by molar-refractivity contribution is -0.152. The second-order valence-corrected chi connectivity index (χ2v) is 7.95. The number of allylic oxidation sites excluding steroid dienone is 1. The summed E-state index contributed by atoms with van der Waals surface area (Å²) in [6, 6.07) is 10.4. The van der Waals surface area contributed by atoms with Crippen LogP contribution in [0.4, 0.5) is 0 Å². The topological polar surface area (TPSA) is 57.5 Å². The molecule has 0 saturated carbocycles. The van der Waals surface area contributed by atoms with Gasteiger partial charge in [0.25, 0.3) is 6.29 Å². The molecule has 3 heterocycles. The molecule has 0 N–H and O–H groups in total. The molecule has 0 amide bonds. The number of rotatable bonds is 3. The number of carbonyl (C=O) groups excluding carboxylic acids is 2. The van der Waals surface area contributed by atoms with Crippen LogP contribution < -0.4 is 0 Å². The van der Waals surface area contributed by atoms with Gasteiger partial charge in [0.05, 0.1) is 12.0 Å². The molecule has 0 bridgehead atoms. The summed E-state index contributed by atoms with van der Waals surface area (Å²) in [5.41, 5.74) is 4.99. The van der Waals surface area contributed by atoms with Crippen LogP contribution in [0.15, 0.2) is 59.2 Å². The summed E-state index contributed by atoms with van der Waals surface area (Å²) in [6.45, 7) is 1.67. The number of nitrogens with zero attached hydrogens (tertiary/aromatic N) is 1. The van der Waals surface area contributed by atoms with E-state index in [1.807, 2.05) is 17.7 Å². The Morgan fingerprint density at radius 1 is 1.29 bits per heavy atom. The standard InChI is InChI=1S/C22H17NO4S/c1-12-8-19(27-22(12)25)26-11-14-10-16-15-9-13(18-4-3-7-28-18)5-6-17(15)23(2)20(16)21(14)24/h3-9,11,19H,10H2,1-2H3/b14-11+/t19-/m1/s1. The zero-order valence-electron chi connectivity index (χ0n) is 15.4. The molecule has 1 aromatic carbocycles. The average molecular weight is 391 g/mol. The minimum absolute atomic E-state index is 0.0450. The fourth-order valence-electron chi connectivity index (χ4n) is 3.82. The predicted molar refractivity (Wildman–Crippen MR) is 107 cm³/mol. The smallest absolute Gasteiger partial charge is 0.336 e. The molecular weight excluding hydrogens is 374 g/mol. The van der Waals surface area contributed by atoms with E-state index >= 15 is 0 Å². The average Bonchev–Trinajstić information content (AvgIpc) is 3.43. The summed E-state index contributed by atoms with van der Waals surface area (Å²) in [7, 11) is 1.92. The van der Waals surface area contributed by atoms with Crippen molar-refractivity contribution in [2.24, 2.45) is 7.05 Å². The first kappa shape index (κ1) is 17.0. The highest BCUT2D eigenvalue weighted by molar-refractivity contribution is 7.13. The molecule has 1 aliphatic heterocycles. The van der Waals surface area contributed by atoms with Gasteiger partial charge in [0.2, 0.25) is 5.78 Å². The van der Waals surface area contributed by atoms with E-state index in [-0.39, 0.29) is 5.78 Å². The summed E-state index contributed by atoms with van der Waals surface area (Å²) in [6.07, 6.45) is 2.78. The van der Waals surface area contributed by atoms with Crippen molar-refractivity contribution in [3.8, 4) is 10.4 Å². The number of ether oxygens (including phenoxy) is 2. The van der Waals surface area contributed by atoms with Crippen LogP contribution in [0.1, 0.15) is 23.0 Å². The lowest BCUT2D eigenvalue weighted by Crippen LogP contribution is -2.11. The fraction of sp³-hybridized carbons (Fsp3) is 0.182. The summed E-state index contributed by atoms with van der Waals surface area (Å²) < 4.78 is 12.5. The number of benzene rings is 1. The third-order valence-corrected chi connectivity index (χ3v) is 6.18. The van der Waals surface area contributed by atoms with E-state index in [1.54, 1.807) is 24.3 Å². The number of aromatic nitrogens is 1. The molecule has 28 heavy (non-hydrogen) atoms. The van der Waals surface area contributed by atoms with Gasteiger partial charge in [0.15, 0.2) is 0 Å². The van der Waals surface area contributed by atoms with E-state index in [9.17, 15) is 9.59 Å². The number of hydrogen-bond donors (Lipinski definition) is 0. The molecule has 140 valence electrons. The SMILES string of the molecule is CC1=C[C@H](O/C=C2\Cc3c(n(C)c4ccc(-c5cccs5)cc34)C2=O)OC1=O. The maximum absolute atomic E-state index is 12.9. The van der Waals surface area contributed by atoms with E-state index in [1.165, 1.54) is 11.1 Å². The third-order valence-electron chi connectivity index (χ3n) is 5.26. The number of hydrogen-bond acceptors (Lipinski definition) is 5. The summed E-state index contributed by atoms with van der Waals surface area (Å²) in [4.78, 5) is 25.6. The van der Waals surface area contributed by atoms with Gasteiger partial charge in [-0.3, -0.25) is 4.79 Å². The van der Waals surface area contributed by atoms with Crippen molar-refractivity contribution in [2.75, 3.05) is 0 Å². The lowest BCUT2D eigenvalue weighted by atomic mass is 10.1. The summed E-state index contributed by atoms with van der Waals surface area (Å²) in [5, 5.41) is 3.14. The number of esters is 1. The fourth-order valence-corrected chi connectivity index (χ4v) is 4.55. The molecule has 5 rings (SSSR count). The largest absolute Gasteiger partial charge is 0.458 e. The van der Waals surface area contributed by atoms with Crippen molar-refractivity contribution < 1.29 is 19.1 Å². The normalized spacial score (nSPS) is 20.0. The highest BCUT2D eigenvalue weighted by Crippen LogP contribution is 2.37. The Kier molecular flexibility index (Phi) is 3.77. The lowest BCUT2D eigenvalue weighted by Gasteiger charge is -2.08. The van der Waals surface area contributed by atoms with E-state index in [0.717, 1.165) is 22.0 Å². The number of thiophene rings is 1. The van der Waals surface area contributed by atoms with Crippen molar-refractivity contribution in [1.82, 2.24) is 4.57 Å². The highest BCUT2D eigenvalue weighted by atomic mass is 32.1. The van der Waals surface area contributed by atoms with Gasteiger partial charge >= 0.3 is 5.97 Å². The zero-order chi connectivity index (χ0) is 19.4. The van der Waals surface area contributed by atoms with Crippen LogP contribution in [0.5, 0.6) is 0 Å². The van der Waals surface area contributed by atoms with Gasteiger partial charge in [-0.25, -0.2) is 4.79 Å². The van der Waals surface area contributed by atoms with Crippen LogP contribution in [-0.4, -0.2) is 22.6 Å². The van der Waals surface area contributed by atoms with Gasteiger partial charge < -0.3 is 14.0 Å². The monoisotopic (exact) mass is 391 g/mol. The molecule has 0 radical (unpaired) electrons. The van der Waals surface area contributed by atoms with E-state index < -0.39 is 12.3 Å². The Labute approximate surface area is 165 Å². The number of cyclic esters (lactones) is 1. The Hall–Kier alpha value is -3.12. The van der Waals surface area contributed by atoms with E-state index in [0.29, 0.717) is 23.3 Å². The Bertz CT molecular complexity index is 1200. The molecule has 0 saturated heterocycles. The minimum Gasteiger partial charge on any atom is -0.458 e. The molecule has 2 aliphatic rings. The van der Waals surface area contributed by atoms with Crippen LogP contribution >= 0.6 is 11.3 Å².